The summed E-state index contributed by atoms with van der Waals surface area (Å²) in [4.78, 5) is 0. The highest BCUT2D eigenvalue weighted by Gasteiger charge is 2.37. The Morgan fingerprint density at radius 3 is 2.80 bits per heavy atom. The number of hydrogen-bond acceptors (Lipinski definition) is 1. The third-order valence-corrected chi connectivity index (χ3v) is 2.97. The van der Waals surface area contributed by atoms with Gasteiger partial charge in [-0.2, -0.15) is 0 Å². The first kappa shape index (κ1) is 6.72. The maximum atomic E-state index is 3.51. The van der Waals surface area contributed by atoms with Crippen LogP contribution in [0.1, 0.15) is 25.7 Å². The van der Waals surface area contributed by atoms with Crippen LogP contribution in [0.2, 0.25) is 11.6 Å². The monoisotopic (exact) mass is 136 g/mol. The number of rotatable bonds is 0. The second-order valence-corrected chi connectivity index (χ2v) is 3.74. The van der Waals surface area contributed by atoms with Crippen molar-refractivity contribution in [2.75, 3.05) is 13.1 Å². The third kappa shape index (κ3) is 1.09. The van der Waals surface area contributed by atoms with Gasteiger partial charge in [-0.15, -0.1) is 0 Å². The summed E-state index contributed by atoms with van der Waals surface area (Å²) in [5, 5.41) is 4.16. The zero-order valence-corrected chi connectivity index (χ0v) is 6.53. The van der Waals surface area contributed by atoms with Crippen molar-refractivity contribution in [3.63, 3.8) is 0 Å². The molecule has 2 saturated heterocycles. The van der Waals surface area contributed by atoms with Gasteiger partial charge in [-0.1, -0.05) is 25.6 Å². The van der Waals surface area contributed by atoms with E-state index in [0.717, 1.165) is 0 Å². The fourth-order valence-electron chi connectivity index (χ4n) is 2.09. The minimum Gasteiger partial charge on any atom is -0.317 e. The molecular weight excluding hydrogens is 121 g/mol. The van der Waals surface area contributed by atoms with E-state index in [4.69, 9.17) is 0 Å². The maximum Gasteiger partial charge on any atom is 0.119 e. The molecule has 2 rings (SSSR count). The highest BCUT2D eigenvalue weighted by molar-refractivity contribution is 6.44. The zero-order valence-electron chi connectivity index (χ0n) is 6.53. The van der Waals surface area contributed by atoms with Crippen molar-refractivity contribution in [1.82, 2.24) is 5.32 Å². The summed E-state index contributed by atoms with van der Waals surface area (Å²) in [5.41, 5.74) is 0. The van der Waals surface area contributed by atoms with Crippen molar-refractivity contribution in [2.24, 2.45) is 0 Å². The molecule has 0 aromatic rings. The van der Waals surface area contributed by atoms with Gasteiger partial charge in [0.25, 0.3) is 0 Å². The molecule has 1 N–H and O–H groups in total. The summed E-state index contributed by atoms with van der Waals surface area (Å²) in [6.07, 6.45) is 7.07. The predicted octanol–water partition coefficient (Wildman–Crippen LogP) is 1.44. The summed E-state index contributed by atoms with van der Waals surface area (Å²) in [5.74, 6) is 0. The van der Waals surface area contributed by atoms with E-state index < -0.39 is 0 Å². The second-order valence-electron chi connectivity index (χ2n) is 3.74. The number of nitrogens with one attached hydrogen (secondary N) is 1. The van der Waals surface area contributed by atoms with Crippen LogP contribution in [0, 0.1) is 0 Å². The average Bonchev–Trinajstić information content (AvgIpc) is 2.08. The fraction of sp³-hybridized carbons (Fsp3) is 1.00. The molecule has 1 spiro atoms. The highest BCUT2D eigenvalue weighted by Crippen LogP contribution is 2.46. The SMILES string of the molecule is [B]1CCC12CCCCNC2. The Hall–Kier alpha value is 0.0249. The Morgan fingerprint density at radius 2 is 2.10 bits per heavy atom. The lowest BCUT2D eigenvalue weighted by Crippen LogP contribution is -2.38. The van der Waals surface area contributed by atoms with Gasteiger partial charge in [-0.05, 0) is 24.8 Å². The maximum absolute atomic E-state index is 3.51. The Kier molecular flexibility index (Phi) is 1.73. The predicted molar refractivity (Wildman–Crippen MR) is 44.6 cm³/mol. The van der Waals surface area contributed by atoms with Gasteiger partial charge in [-0.25, -0.2) is 0 Å². The van der Waals surface area contributed by atoms with Gasteiger partial charge in [0, 0.05) is 0 Å². The van der Waals surface area contributed by atoms with E-state index in [2.05, 4.69) is 12.6 Å². The Morgan fingerprint density at radius 1 is 1.20 bits per heavy atom. The van der Waals surface area contributed by atoms with Gasteiger partial charge < -0.3 is 5.32 Å². The van der Waals surface area contributed by atoms with Crippen molar-refractivity contribution in [1.29, 1.82) is 0 Å². The van der Waals surface area contributed by atoms with E-state index in [9.17, 15) is 0 Å². The van der Waals surface area contributed by atoms with E-state index in [-0.39, 0.29) is 0 Å². The van der Waals surface area contributed by atoms with Gasteiger partial charge in [0.15, 0.2) is 0 Å². The van der Waals surface area contributed by atoms with Gasteiger partial charge in [0.1, 0.15) is 7.28 Å². The van der Waals surface area contributed by atoms with Crippen LogP contribution >= 0.6 is 0 Å². The molecule has 0 bridgehead atoms. The molecule has 0 aromatic carbocycles. The molecule has 2 aliphatic rings. The van der Waals surface area contributed by atoms with E-state index in [0.29, 0.717) is 5.31 Å². The summed E-state index contributed by atoms with van der Waals surface area (Å²) in [7, 11) is 2.52. The van der Waals surface area contributed by atoms with E-state index in [1.54, 1.807) is 0 Å². The topological polar surface area (TPSA) is 12.0 Å². The molecule has 1 nitrogen and oxygen atoms in total. The van der Waals surface area contributed by atoms with Crippen molar-refractivity contribution in [3.8, 4) is 0 Å². The van der Waals surface area contributed by atoms with Crippen LogP contribution in [0.4, 0.5) is 0 Å². The van der Waals surface area contributed by atoms with Crippen LogP contribution in [0.15, 0.2) is 0 Å². The number of hydrogen-bond donors (Lipinski definition) is 1. The third-order valence-electron chi connectivity index (χ3n) is 2.97. The molecule has 0 aromatic heterocycles. The minimum absolute atomic E-state index is 0.649. The minimum atomic E-state index is 0.649. The summed E-state index contributed by atoms with van der Waals surface area (Å²) >= 11 is 0. The lowest BCUT2D eigenvalue weighted by Gasteiger charge is -2.40. The van der Waals surface area contributed by atoms with E-state index in [1.807, 2.05) is 0 Å². The van der Waals surface area contributed by atoms with Crippen LogP contribution in [0.5, 0.6) is 0 Å². The Balaban J connectivity index is 1.92. The molecule has 10 heavy (non-hydrogen) atoms. The molecule has 2 heteroatoms. The van der Waals surface area contributed by atoms with Crippen molar-refractivity contribution < 1.29 is 0 Å². The first-order valence-corrected chi connectivity index (χ1v) is 4.46. The Bertz CT molecular complexity index is 110. The molecule has 2 heterocycles. The smallest absolute Gasteiger partial charge is 0.119 e. The first-order valence-electron chi connectivity index (χ1n) is 4.46. The molecule has 0 amide bonds. The molecule has 2 fully saturated rings. The van der Waals surface area contributed by atoms with Gasteiger partial charge in [0.2, 0.25) is 0 Å². The normalized spacial score (nSPS) is 40.0. The lowest BCUT2D eigenvalue weighted by atomic mass is 9.36. The second kappa shape index (κ2) is 2.57. The molecule has 1 atom stereocenters. The first-order chi connectivity index (χ1) is 4.91. The molecule has 1 unspecified atom stereocenters. The average molecular weight is 136 g/mol. The fourth-order valence-corrected chi connectivity index (χ4v) is 2.09. The van der Waals surface area contributed by atoms with Crippen molar-refractivity contribution >= 4 is 7.28 Å². The molecule has 1 radical (unpaired) electrons. The van der Waals surface area contributed by atoms with Gasteiger partial charge >= 0.3 is 0 Å². The molecule has 55 valence electrons. The molecule has 0 saturated carbocycles. The lowest BCUT2D eigenvalue weighted by molar-refractivity contribution is 0.442. The largest absolute Gasteiger partial charge is 0.317 e. The summed E-state index contributed by atoms with van der Waals surface area (Å²) in [6.45, 7) is 2.50. The van der Waals surface area contributed by atoms with Crippen LogP contribution in [-0.2, 0) is 0 Å². The molecule has 0 aliphatic carbocycles. The van der Waals surface area contributed by atoms with E-state index in [1.165, 1.54) is 45.1 Å². The Labute approximate surface area is 63.8 Å². The van der Waals surface area contributed by atoms with E-state index >= 15 is 0 Å². The summed E-state index contributed by atoms with van der Waals surface area (Å²) < 4.78 is 0. The molecular formula is C8H15BN. The quantitative estimate of drug-likeness (QED) is 0.497. The van der Waals surface area contributed by atoms with Crippen LogP contribution in [-0.4, -0.2) is 20.4 Å². The standard InChI is InChI=1S/C8H15BN/c1-2-6-10-7-8(3-1)4-5-9-8/h10H,1-7H2. The molecule has 2 aliphatic heterocycles. The highest BCUT2D eigenvalue weighted by atomic mass is 14.9. The van der Waals surface area contributed by atoms with Gasteiger partial charge in [-0.3, -0.25) is 0 Å². The zero-order chi connectivity index (χ0) is 6.86. The summed E-state index contributed by atoms with van der Waals surface area (Å²) in [6, 6.07) is 0. The van der Waals surface area contributed by atoms with Crippen LogP contribution in [0.25, 0.3) is 0 Å². The van der Waals surface area contributed by atoms with Crippen LogP contribution in [0.3, 0.4) is 0 Å². The van der Waals surface area contributed by atoms with Crippen LogP contribution < -0.4 is 5.32 Å². The van der Waals surface area contributed by atoms with Gasteiger partial charge in [0.05, 0.1) is 0 Å². The van der Waals surface area contributed by atoms with Crippen molar-refractivity contribution in [2.45, 2.75) is 37.3 Å². The van der Waals surface area contributed by atoms with Crippen molar-refractivity contribution in [3.05, 3.63) is 0 Å².